The molecule has 3 aliphatic rings. The molecule has 1 aromatic heterocycles. The molecule has 5 heteroatoms. The molecule has 0 fully saturated rings. The number of hydrogen-bond donors (Lipinski definition) is 1. The fourth-order valence-corrected chi connectivity index (χ4v) is 3.26. The quantitative estimate of drug-likeness (QED) is 0.771. The molecule has 0 bridgehead atoms. The summed E-state index contributed by atoms with van der Waals surface area (Å²) in [6.45, 7) is 0. The molecule has 2 aliphatic heterocycles. The highest BCUT2D eigenvalue weighted by Gasteiger charge is 2.30. The van der Waals surface area contributed by atoms with Crippen LogP contribution in [0.3, 0.4) is 0 Å². The Morgan fingerprint density at radius 1 is 1.17 bits per heavy atom. The average molecular weight is 255 g/mol. The molecule has 0 unspecified atom stereocenters. The van der Waals surface area contributed by atoms with Crippen LogP contribution in [0.2, 0.25) is 0 Å². The van der Waals surface area contributed by atoms with Crippen LogP contribution in [-0.2, 0) is 6.42 Å². The second kappa shape index (κ2) is 3.51. The first kappa shape index (κ1) is 9.99. The molecule has 0 saturated heterocycles. The Morgan fingerprint density at radius 3 is 2.78 bits per heavy atom. The van der Waals surface area contributed by atoms with Crippen LogP contribution in [0.25, 0.3) is 5.70 Å². The van der Waals surface area contributed by atoms with E-state index >= 15 is 0 Å². The summed E-state index contributed by atoms with van der Waals surface area (Å²) in [6.07, 6.45) is 7.80. The topological polar surface area (TPSA) is 48.2 Å². The Hall–Kier alpha value is -1.98. The predicted molar refractivity (Wildman–Crippen MR) is 68.7 cm³/mol. The molecule has 4 nitrogen and oxygen atoms in total. The van der Waals surface area contributed by atoms with Crippen LogP contribution >= 0.6 is 11.3 Å². The van der Waals surface area contributed by atoms with Gasteiger partial charge in [-0.1, -0.05) is 0 Å². The summed E-state index contributed by atoms with van der Waals surface area (Å²) in [5.41, 5.74) is 5.36. The summed E-state index contributed by atoms with van der Waals surface area (Å²) in [6, 6.07) is 2.11. The summed E-state index contributed by atoms with van der Waals surface area (Å²) < 4.78 is 0. The highest BCUT2D eigenvalue weighted by Crippen LogP contribution is 2.45. The van der Waals surface area contributed by atoms with Gasteiger partial charge in [-0.3, -0.25) is 5.21 Å². The second-order valence-corrected chi connectivity index (χ2v) is 5.28. The largest absolute Gasteiger partial charge is 0.285 e. The molecular weight excluding hydrogens is 246 g/mol. The summed E-state index contributed by atoms with van der Waals surface area (Å²) in [5, 5.41) is 20.9. The number of azo groups is 1. The minimum Gasteiger partial charge on any atom is -0.285 e. The van der Waals surface area contributed by atoms with Gasteiger partial charge in [0.05, 0.1) is 11.4 Å². The Balaban J connectivity index is 1.82. The minimum absolute atomic E-state index is 0.915. The third-order valence-corrected chi connectivity index (χ3v) is 4.17. The summed E-state index contributed by atoms with van der Waals surface area (Å²) in [4.78, 5) is 1.37. The van der Waals surface area contributed by atoms with Gasteiger partial charge in [-0.15, -0.1) is 21.6 Å². The maximum atomic E-state index is 9.24. The van der Waals surface area contributed by atoms with E-state index in [1.54, 1.807) is 23.7 Å². The van der Waals surface area contributed by atoms with Crippen molar-refractivity contribution in [2.45, 2.75) is 6.42 Å². The molecule has 3 heterocycles. The van der Waals surface area contributed by atoms with E-state index in [-0.39, 0.29) is 0 Å². The zero-order chi connectivity index (χ0) is 12.1. The first-order chi connectivity index (χ1) is 8.83. The van der Waals surface area contributed by atoms with E-state index in [0.717, 1.165) is 28.5 Å². The lowest BCUT2D eigenvalue weighted by atomic mass is 10.1. The van der Waals surface area contributed by atoms with Crippen molar-refractivity contribution in [2.75, 3.05) is 0 Å². The standard InChI is InChI=1S/C13H9N3OS/c17-16-4-1-8(2-5-16)12-10-7-11-9(3-6-18-11)13(10)15-14-12/h1-6,17H,7H2. The van der Waals surface area contributed by atoms with Gasteiger partial charge in [0.1, 0.15) is 0 Å². The van der Waals surface area contributed by atoms with E-state index in [4.69, 9.17) is 0 Å². The van der Waals surface area contributed by atoms with Gasteiger partial charge in [0, 0.05) is 40.4 Å². The van der Waals surface area contributed by atoms with Crippen molar-refractivity contribution in [2.24, 2.45) is 10.2 Å². The van der Waals surface area contributed by atoms with E-state index in [0.29, 0.717) is 0 Å². The molecule has 4 rings (SSSR count). The summed E-state index contributed by atoms with van der Waals surface area (Å²) in [7, 11) is 0. The van der Waals surface area contributed by atoms with Gasteiger partial charge in [0.2, 0.25) is 0 Å². The summed E-state index contributed by atoms with van der Waals surface area (Å²) >= 11 is 1.77. The Morgan fingerprint density at radius 2 is 1.94 bits per heavy atom. The molecular formula is C13H9N3OS. The number of hydroxylamine groups is 2. The Labute approximate surface area is 108 Å². The van der Waals surface area contributed by atoms with Crippen molar-refractivity contribution < 1.29 is 5.21 Å². The van der Waals surface area contributed by atoms with Gasteiger partial charge < -0.3 is 0 Å². The molecule has 1 aromatic rings. The fourth-order valence-electron chi connectivity index (χ4n) is 2.37. The predicted octanol–water partition coefficient (Wildman–Crippen LogP) is 3.47. The first-order valence-corrected chi connectivity index (χ1v) is 6.51. The molecule has 18 heavy (non-hydrogen) atoms. The molecule has 88 valence electrons. The van der Waals surface area contributed by atoms with Crippen LogP contribution in [0.15, 0.2) is 63.1 Å². The molecule has 0 aromatic carbocycles. The zero-order valence-corrected chi connectivity index (χ0v) is 10.2. The van der Waals surface area contributed by atoms with Crippen molar-refractivity contribution in [1.82, 2.24) is 5.06 Å². The van der Waals surface area contributed by atoms with Crippen molar-refractivity contribution in [1.29, 1.82) is 0 Å². The number of nitrogens with zero attached hydrogens (tertiary/aromatic N) is 3. The number of fused-ring (bicyclic) bond motifs is 2. The van der Waals surface area contributed by atoms with E-state index < -0.39 is 0 Å². The maximum absolute atomic E-state index is 9.24. The van der Waals surface area contributed by atoms with Crippen LogP contribution in [0, 0.1) is 0 Å². The number of rotatable bonds is 0. The van der Waals surface area contributed by atoms with Crippen LogP contribution in [0.5, 0.6) is 0 Å². The number of thiophene rings is 1. The first-order valence-electron chi connectivity index (χ1n) is 5.63. The zero-order valence-electron chi connectivity index (χ0n) is 9.37. The molecule has 1 aliphatic carbocycles. The van der Waals surface area contributed by atoms with E-state index in [9.17, 15) is 5.21 Å². The number of hydrogen-bond acceptors (Lipinski definition) is 5. The van der Waals surface area contributed by atoms with E-state index in [1.807, 2.05) is 12.2 Å². The van der Waals surface area contributed by atoms with Crippen molar-refractivity contribution in [3.05, 3.63) is 63.3 Å². The van der Waals surface area contributed by atoms with Gasteiger partial charge in [-0.2, -0.15) is 0 Å². The summed E-state index contributed by atoms with van der Waals surface area (Å²) in [5.74, 6) is 0. The third kappa shape index (κ3) is 1.28. The normalized spacial score (nSPS) is 20.2. The van der Waals surface area contributed by atoms with Gasteiger partial charge in [0.15, 0.2) is 0 Å². The molecule has 0 spiro atoms. The van der Waals surface area contributed by atoms with Crippen LogP contribution < -0.4 is 0 Å². The van der Waals surface area contributed by atoms with Gasteiger partial charge >= 0.3 is 0 Å². The molecule has 0 atom stereocenters. The van der Waals surface area contributed by atoms with Gasteiger partial charge in [-0.25, -0.2) is 5.06 Å². The SMILES string of the molecule is ON1C=CC(=C2N=NC3=C2Cc2sccc23)C=C1. The van der Waals surface area contributed by atoms with E-state index in [1.165, 1.54) is 16.0 Å². The lowest BCUT2D eigenvalue weighted by Crippen LogP contribution is -2.05. The molecule has 0 amide bonds. The smallest absolute Gasteiger partial charge is 0.0998 e. The van der Waals surface area contributed by atoms with Crippen molar-refractivity contribution in [3.8, 4) is 0 Å². The molecule has 0 saturated carbocycles. The highest BCUT2D eigenvalue weighted by atomic mass is 32.1. The lowest BCUT2D eigenvalue weighted by Gasteiger charge is -2.11. The minimum atomic E-state index is 0.915. The van der Waals surface area contributed by atoms with Gasteiger partial charge in [-0.05, 0) is 23.6 Å². The Kier molecular flexibility index (Phi) is 1.95. The van der Waals surface area contributed by atoms with E-state index in [2.05, 4.69) is 21.7 Å². The van der Waals surface area contributed by atoms with Gasteiger partial charge in [0.25, 0.3) is 0 Å². The highest BCUT2D eigenvalue weighted by molar-refractivity contribution is 7.10. The maximum Gasteiger partial charge on any atom is 0.0998 e. The lowest BCUT2D eigenvalue weighted by molar-refractivity contribution is 0.0105. The third-order valence-electron chi connectivity index (χ3n) is 3.25. The molecule has 1 N–H and O–H groups in total. The number of allylic oxidation sites excluding steroid dienone is 4. The van der Waals surface area contributed by atoms with Crippen molar-refractivity contribution >= 4 is 17.0 Å². The van der Waals surface area contributed by atoms with Crippen LogP contribution in [0.4, 0.5) is 0 Å². The second-order valence-electron chi connectivity index (χ2n) is 4.28. The van der Waals surface area contributed by atoms with Crippen LogP contribution in [0.1, 0.15) is 10.4 Å². The fraction of sp³-hybridized carbons (Fsp3) is 0.0769. The average Bonchev–Trinajstić information content (AvgIpc) is 3.01. The van der Waals surface area contributed by atoms with Crippen LogP contribution in [-0.4, -0.2) is 10.3 Å². The van der Waals surface area contributed by atoms with Crippen molar-refractivity contribution in [3.63, 3.8) is 0 Å². The molecule has 0 radical (unpaired) electrons. The Bertz CT molecular complexity index is 675. The monoisotopic (exact) mass is 255 g/mol.